The Bertz CT molecular complexity index is 498. The molecule has 1 aromatic carbocycles. The molecule has 1 aromatic heterocycles. The van der Waals surface area contributed by atoms with Crippen molar-refractivity contribution in [3.63, 3.8) is 0 Å². The van der Waals surface area contributed by atoms with Crippen molar-refractivity contribution < 1.29 is 4.79 Å². The van der Waals surface area contributed by atoms with Gasteiger partial charge in [0.15, 0.2) is 0 Å². The average molecular weight is 261 g/mol. The Morgan fingerprint density at radius 2 is 2.11 bits per heavy atom. The van der Waals surface area contributed by atoms with Crippen molar-refractivity contribution in [2.24, 2.45) is 5.73 Å². The van der Waals surface area contributed by atoms with E-state index in [1.807, 2.05) is 42.6 Å². The number of aromatic nitrogens is 1. The Morgan fingerprint density at radius 1 is 1.39 bits per heavy atom. The molecule has 1 heterocycles. The molecule has 94 valence electrons. The number of carbonyl (C=O) groups excluding carboxylic acids is 1. The van der Waals surface area contributed by atoms with Gasteiger partial charge in [0.2, 0.25) is 5.91 Å². The normalized spacial score (nSPS) is 13.9. The Kier molecular flexibility index (Phi) is 4.07. The summed E-state index contributed by atoms with van der Waals surface area (Å²) >= 11 is 1.51. The smallest absolute Gasteiger partial charge is 0.242 e. The van der Waals surface area contributed by atoms with Gasteiger partial charge in [-0.3, -0.25) is 4.79 Å². The van der Waals surface area contributed by atoms with Crippen LogP contribution in [-0.4, -0.2) is 10.9 Å². The molecular weight excluding hydrogens is 246 g/mol. The van der Waals surface area contributed by atoms with E-state index in [0.717, 1.165) is 10.6 Å². The maximum atomic E-state index is 12.0. The van der Waals surface area contributed by atoms with Crippen LogP contribution >= 0.6 is 11.3 Å². The second-order valence-corrected chi connectivity index (χ2v) is 4.92. The van der Waals surface area contributed by atoms with Crippen LogP contribution in [0.5, 0.6) is 0 Å². The first-order chi connectivity index (χ1) is 8.68. The molecule has 1 amide bonds. The lowest BCUT2D eigenvalue weighted by molar-refractivity contribution is -0.123. The number of rotatable bonds is 4. The largest absolute Gasteiger partial charge is 0.345 e. The van der Waals surface area contributed by atoms with Gasteiger partial charge in [-0.1, -0.05) is 30.3 Å². The van der Waals surface area contributed by atoms with E-state index in [1.165, 1.54) is 11.3 Å². The Morgan fingerprint density at radius 3 is 2.72 bits per heavy atom. The summed E-state index contributed by atoms with van der Waals surface area (Å²) in [6.07, 6.45) is 1.72. The number of hydrogen-bond donors (Lipinski definition) is 2. The summed E-state index contributed by atoms with van der Waals surface area (Å²) in [5.74, 6) is -0.191. The minimum Gasteiger partial charge on any atom is -0.345 e. The lowest BCUT2D eigenvalue weighted by Gasteiger charge is -2.16. The highest BCUT2D eigenvalue weighted by molar-refractivity contribution is 7.09. The maximum Gasteiger partial charge on any atom is 0.242 e. The summed E-state index contributed by atoms with van der Waals surface area (Å²) in [5, 5.41) is 5.63. The van der Waals surface area contributed by atoms with E-state index in [0.29, 0.717) is 0 Å². The first-order valence-electron chi connectivity index (χ1n) is 5.69. The average Bonchev–Trinajstić information content (AvgIpc) is 2.92. The van der Waals surface area contributed by atoms with Gasteiger partial charge in [0.05, 0.1) is 6.04 Å². The molecule has 4 nitrogen and oxygen atoms in total. The zero-order valence-electron chi connectivity index (χ0n) is 10.0. The third kappa shape index (κ3) is 2.94. The fourth-order valence-corrected chi connectivity index (χ4v) is 2.27. The van der Waals surface area contributed by atoms with Crippen LogP contribution in [0.2, 0.25) is 0 Å². The van der Waals surface area contributed by atoms with Crippen LogP contribution in [0.25, 0.3) is 0 Å². The van der Waals surface area contributed by atoms with Crippen LogP contribution in [0.4, 0.5) is 0 Å². The minimum atomic E-state index is -0.645. The van der Waals surface area contributed by atoms with Gasteiger partial charge < -0.3 is 11.1 Å². The fraction of sp³-hybridized carbons (Fsp3) is 0.231. The number of benzene rings is 1. The molecule has 0 spiro atoms. The molecule has 0 aliphatic heterocycles. The van der Waals surface area contributed by atoms with Gasteiger partial charge in [-0.2, -0.15) is 0 Å². The lowest BCUT2D eigenvalue weighted by atomic mass is 10.1. The standard InChI is InChI=1S/C13H15N3OS/c1-9(13-15-7-8-18-13)16-12(17)11(14)10-5-3-2-4-6-10/h2-9,11H,14H2,1H3,(H,16,17)/t9?,11-/m0/s1. The van der Waals surface area contributed by atoms with Crippen molar-refractivity contribution in [1.82, 2.24) is 10.3 Å². The van der Waals surface area contributed by atoms with E-state index < -0.39 is 6.04 Å². The first-order valence-corrected chi connectivity index (χ1v) is 6.56. The van der Waals surface area contributed by atoms with E-state index in [2.05, 4.69) is 10.3 Å². The van der Waals surface area contributed by atoms with Crippen molar-refractivity contribution in [3.8, 4) is 0 Å². The zero-order valence-corrected chi connectivity index (χ0v) is 10.9. The fourth-order valence-electron chi connectivity index (χ4n) is 1.62. The summed E-state index contributed by atoms with van der Waals surface area (Å²) in [6.45, 7) is 1.90. The summed E-state index contributed by atoms with van der Waals surface area (Å²) < 4.78 is 0. The number of nitrogens with zero attached hydrogens (tertiary/aromatic N) is 1. The summed E-state index contributed by atoms with van der Waals surface area (Å²) in [4.78, 5) is 16.2. The van der Waals surface area contributed by atoms with Crippen LogP contribution < -0.4 is 11.1 Å². The predicted octanol–water partition coefficient (Wildman–Crippen LogP) is 2.02. The van der Waals surface area contributed by atoms with Gasteiger partial charge in [-0.15, -0.1) is 11.3 Å². The quantitative estimate of drug-likeness (QED) is 0.884. The molecule has 2 atom stereocenters. The van der Waals surface area contributed by atoms with Crippen molar-refractivity contribution in [1.29, 1.82) is 0 Å². The molecule has 1 unspecified atom stereocenters. The Labute approximate surface area is 110 Å². The van der Waals surface area contributed by atoms with Gasteiger partial charge in [0.25, 0.3) is 0 Å². The monoisotopic (exact) mass is 261 g/mol. The van der Waals surface area contributed by atoms with Gasteiger partial charge in [0, 0.05) is 11.6 Å². The zero-order chi connectivity index (χ0) is 13.0. The SMILES string of the molecule is CC(NC(=O)[C@@H](N)c1ccccc1)c1nccs1. The second-order valence-electron chi connectivity index (χ2n) is 3.99. The van der Waals surface area contributed by atoms with Crippen LogP contribution in [0.3, 0.4) is 0 Å². The third-order valence-corrected chi connectivity index (χ3v) is 3.58. The molecule has 0 radical (unpaired) electrons. The number of amides is 1. The number of nitrogens with one attached hydrogen (secondary N) is 1. The van der Waals surface area contributed by atoms with E-state index >= 15 is 0 Å². The molecule has 0 fully saturated rings. The number of nitrogens with two attached hydrogens (primary N) is 1. The number of thiazole rings is 1. The summed E-state index contributed by atoms with van der Waals surface area (Å²) in [5.41, 5.74) is 6.72. The number of hydrogen-bond acceptors (Lipinski definition) is 4. The highest BCUT2D eigenvalue weighted by Crippen LogP contribution is 2.16. The topological polar surface area (TPSA) is 68.0 Å². The number of carbonyl (C=O) groups is 1. The minimum absolute atomic E-state index is 0.118. The second kappa shape index (κ2) is 5.75. The summed E-state index contributed by atoms with van der Waals surface area (Å²) in [6, 6.07) is 8.56. The molecule has 0 aliphatic rings. The van der Waals surface area contributed by atoms with Crippen LogP contribution in [-0.2, 0) is 4.79 Å². The molecule has 18 heavy (non-hydrogen) atoms. The van der Waals surface area contributed by atoms with Gasteiger partial charge in [-0.25, -0.2) is 4.98 Å². The van der Waals surface area contributed by atoms with Gasteiger partial charge in [-0.05, 0) is 12.5 Å². The Balaban J connectivity index is 2.00. The predicted molar refractivity (Wildman–Crippen MR) is 72.0 cm³/mol. The molecule has 0 bridgehead atoms. The van der Waals surface area contributed by atoms with Crippen LogP contribution in [0.1, 0.15) is 29.6 Å². The third-order valence-electron chi connectivity index (χ3n) is 2.62. The van der Waals surface area contributed by atoms with E-state index in [1.54, 1.807) is 6.20 Å². The van der Waals surface area contributed by atoms with E-state index in [4.69, 9.17) is 5.73 Å². The van der Waals surface area contributed by atoms with Crippen LogP contribution in [0.15, 0.2) is 41.9 Å². The molecule has 3 N–H and O–H groups in total. The first kappa shape index (κ1) is 12.7. The van der Waals surface area contributed by atoms with E-state index in [9.17, 15) is 4.79 Å². The molecule has 2 rings (SSSR count). The molecule has 0 aliphatic carbocycles. The van der Waals surface area contributed by atoms with Crippen molar-refractivity contribution in [2.45, 2.75) is 19.0 Å². The molecule has 2 aromatic rings. The van der Waals surface area contributed by atoms with Crippen molar-refractivity contribution in [2.75, 3.05) is 0 Å². The lowest BCUT2D eigenvalue weighted by Crippen LogP contribution is -2.35. The maximum absolute atomic E-state index is 12.0. The molecular formula is C13H15N3OS. The van der Waals surface area contributed by atoms with Gasteiger partial charge in [0.1, 0.15) is 11.0 Å². The van der Waals surface area contributed by atoms with Crippen LogP contribution in [0, 0.1) is 0 Å². The Hall–Kier alpha value is -1.72. The van der Waals surface area contributed by atoms with Crippen molar-refractivity contribution >= 4 is 17.2 Å². The van der Waals surface area contributed by atoms with E-state index in [-0.39, 0.29) is 11.9 Å². The molecule has 0 saturated heterocycles. The highest BCUT2D eigenvalue weighted by atomic mass is 32.1. The van der Waals surface area contributed by atoms with Gasteiger partial charge >= 0.3 is 0 Å². The van der Waals surface area contributed by atoms with Crippen molar-refractivity contribution in [3.05, 3.63) is 52.5 Å². The highest BCUT2D eigenvalue weighted by Gasteiger charge is 2.18. The molecule has 5 heteroatoms. The summed E-state index contributed by atoms with van der Waals surface area (Å²) in [7, 11) is 0. The molecule has 0 saturated carbocycles.